The largest absolute Gasteiger partial charge is 0.459 e. The van der Waals surface area contributed by atoms with Crippen molar-refractivity contribution in [3.8, 4) is 0 Å². The van der Waals surface area contributed by atoms with Crippen molar-refractivity contribution in [2.75, 3.05) is 0 Å². The summed E-state index contributed by atoms with van der Waals surface area (Å²) in [5.74, 6) is -2.36. The van der Waals surface area contributed by atoms with Gasteiger partial charge in [-0.1, -0.05) is 13.8 Å². The third-order valence-corrected chi connectivity index (χ3v) is 2.63. The highest BCUT2D eigenvalue weighted by Gasteiger charge is 2.35. The number of rotatable bonds is 7. The van der Waals surface area contributed by atoms with Crippen LogP contribution >= 0.6 is 0 Å². The zero-order chi connectivity index (χ0) is 16.1. The second-order valence-corrected chi connectivity index (χ2v) is 6.36. The molecule has 0 aliphatic heterocycles. The van der Waals surface area contributed by atoms with Gasteiger partial charge in [0.15, 0.2) is 5.78 Å². The van der Waals surface area contributed by atoms with Gasteiger partial charge >= 0.3 is 5.97 Å². The third-order valence-electron chi connectivity index (χ3n) is 2.63. The first-order valence-electron chi connectivity index (χ1n) is 6.72. The summed E-state index contributed by atoms with van der Waals surface area (Å²) >= 11 is 0. The van der Waals surface area contributed by atoms with E-state index in [1.54, 1.807) is 20.8 Å². The van der Waals surface area contributed by atoms with Gasteiger partial charge in [0.1, 0.15) is 23.8 Å². The number of Topliss-reactive ketones (excluding diaryl/α,β-unsaturated/α-hetero) is 1. The molecule has 0 aromatic rings. The van der Waals surface area contributed by atoms with Crippen LogP contribution in [0.3, 0.4) is 0 Å². The smallest absolute Gasteiger partial charge is 0.324 e. The van der Waals surface area contributed by atoms with Crippen LogP contribution in [0, 0.1) is 11.8 Å². The minimum Gasteiger partial charge on any atom is -0.459 e. The van der Waals surface area contributed by atoms with E-state index in [-0.39, 0.29) is 5.92 Å². The third kappa shape index (κ3) is 6.25. The van der Waals surface area contributed by atoms with Gasteiger partial charge < -0.3 is 21.0 Å². The molecule has 0 aliphatic carbocycles. The molecule has 116 valence electrons. The van der Waals surface area contributed by atoms with E-state index in [2.05, 4.69) is 0 Å². The van der Waals surface area contributed by atoms with E-state index >= 15 is 0 Å². The molecule has 0 amide bonds. The molecular weight excluding hydrogens is 260 g/mol. The second-order valence-electron chi connectivity index (χ2n) is 6.36. The van der Waals surface area contributed by atoms with Gasteiger partial charge in [0.05, 0.1) is 6.04 Å². The van der Waals surface area contributed by atoms with Gasteiger partial charge in [-0.3, -0.25) is 9.59 Å². The number of carbonyl (C=O) groups is 3. The van der Waals surface area contributed by atoms with Crippen LogP contribution in [0.1, 0.15) is 41.0 Å². The van der Waals surface area contributed by atoms with Crippen molar-refractivity contribution in [2.24, 2.45) is 23.3 Å². The van der Waals surface area contributed by atoms with Crippen LogP contribution in [-0.4, -0.2) is 35.7 Å². The average molecular weight is 286 g/mol. The SMILES string of the molecule is CC(C)C[C@H](N)C(=O)[C@H](C=O)C(N)C(=O)OC(C)(C)C. The molecule has 0 heterocycles. The number of ether oxygens (including phenoxy) is 1. The predicted octanol–water partition coefficient (Wildman–Crippen LogP) is 0.413. The van der Waals surface area contributed by atoms with Gasteiger partial charge in [0, 0.05) is 0 Å². The lowest BCUT2D eigenvalue weighted by Crippen LogP contribution is -2.50. The van der Waals surface area contributed by atoms with Crippen LogP contribution < -0.4 is 11.5 Å². The maximum atomic E-state index is 12.1. The van der Waals surface area contributed by atoms with Crippen LogP contribution in [0.2, 0.25) is 0 Å². The molecular formula is C14H26N2O4. The summed E-state index contributed by atoms with van der Waals surface area (Å²) in [6.07, 6.45) is 0.807. The lowest BCUT2D eigenvalue weighted by molar-refractivity contribution is -0.160. The van der Waals surface area contributed by atoms with Gasteiger partial charge in [-0.05, 0) is 33.1 Å². The number of hydrogen-bond acceptors (Lipinski definition) is 6. The fourth-order valence-electron chi connectivity index (χ4n) is 1.72. The van der Waals surface area contributed by atoms with Crippen molar-refractivity contribution in [1.29, 1.82) is 0 Å². The molecule has 3 atom stereocenters. The quantitative estimate of drug-likeness (QED) is 0.398. The van der Waals surface area contributed by atoms with Crippen LogP contribution in [0.4, 0.5) is 0 Å². The summed E-state index contributed by atoms with van der Waals surface area (Å²) in [6.45, 7) is 8.87. The Balaban J connectivity index is 4.86. The molecule has 20 heavy (non-hydrogen) atoms. The summed E-state index contributed by atoms with van der Waals surface area (Å²) in [4.78, 5) is 35.0. The topological polar surface area (TPSA) is 112 Å². The highest BCUT2D eigenvalue weighted by molar-refractivity contribution is 6.01. The fraction of sp³-hybridized carbons (Fsp3) is 0.786. The van der Waals surface area contributed by atoms with Crippen LogP contribution in [-0.2, 0) is 19.1 Å². The molecule has 6 heteroatoms. The van der Waals surface area contributed by atoms with E-state index in [4.69, 9.17) is 16.2 Å². The maximum absolute atomic E-state index is 12.1. The van der Waals surface area contributed by atoms with Gasteiger partial charge in [-0.2, -0.15) is 0 Å². The van der Waals surface area contributed by atoms with Gasteiger partial charge in [0.2, 0.25) is 0 Å². The van der Waals surface area contributed by atoms with E-state index in [1.807, 2.05) is 13.8 Å². The Hall–Kier alpha value is -1.27. The summed E-state index contributed by atoms with van der Waals surface area (Å²) in [5.41, 5.74) is 10.7. The molecule has 6 nitrogen and oxygen atoms in total. The molecule has 0 aromatic carbocycles. The van der Waals surface area contributed by atoms with E-state index in [1.165, 1.54) is 0 Å². The molecule has 0 bridgehead atoms. The molecule has 1 unspecified atom stereocenters. The van der Waals surface area contributed by atoms with E-state index in [0.29, 0.717) is 12.7 Å². The fourth-order valence-corrected chi connectivity index (χ4v) is 1.72. The lowest BCUT2D eigenvalue weighted by atomic mass is 9.89. The summed E-state index contributed by atoms with van der Waals surface area (Å²) < 4.78 is 5.08. The first-order chi connectivity index (χ1) is 8.99. The van der Waals surface area contributed by atoms with Crippen molar-refractivity contribution in [2.45, 2.75) is 58.7 Å². The van der Waals surface area contributed by atoms with Crippen LogP contribution in [0.25, 0.3) is 0 Å². The highest BCUT2D eigenvalue weighted by atomic mass is 16.6. The standard InChI is InChI=1S/C14H26N2O4/c1-8(2)6-10(15)12(18)9(7-17)11(16)13(19)20-14(3,4)5/h7-11H,6,15-16H2,1-5H3/t9-,10+,11?/m1/s1. The molecule has 0 spiro atoms. The number of aldehydes is 1. The monoisotopic (exact) mass is 286 g/mol. The van der Waals surface area contributed by atoms with Crippen LogP contribution in [0.5, 0.6) is 0 Å². The van der Waals surface area contributed by atoms with E-state index in [9.17, 15) is 14.4 Å². The van der Waals surface area contributed by atoms with Gasteiger partial charge in [-0.25, -0.2) is 0 Å². The zero-order valence-electron chi connectivity index (χ0n) is 12.9. The molecule has 0 aromatic heterocycles. The van der Waals surface area contributed by atoms with Crippen molar-refractivity contribution in [3.05, 3.63) is 0 Å². The normalized spacial score (nSPS) is 16.4. The predicted molar refractivity (Wildman–Crippen MR) is 75.8 cm³/mol. The Morgan fingerprint density at radius 2 is 1.70 bits per heavy atom. The molecule has 0 aliphatic rings. The van der Waals surface area contributed by atoms with Crippen molar-refractivity contribution in [3.63, 3.8) is 0 Å². The Morgan fingerprint density at radius 3 is 2.05 bits per heavy atom. The number of esters is 1. The Kier molecular flexibility index (Phi) is 7.02. The minimum absolute atomic E-state index is 0.207. The highest BCUT2D eigenvalue weighted by Crippen LogP contribution is 2.14. The Morgan fingerprint density at radius 1 is 1.20 bits per heavy atom. The first-order valence-corrected chi connectivity index (χ1v) is 6.72. The molecule has 0 rings (SSSR count). The maximum Gasteiger partial charge on any atom is 0.324 e. The molecule has 0 radical (unpaired) electrons. The molecule has 0 saturated heterocycles. The minimum atomic E-state index is -1.32. The lowest BCUT2D eigenvalue weighted by Gasteiger charge is -2.25. The zero-order valence-corrected chi connectivity index (χ0v) is 12.9. The van der Waals surface area contributed by atoms with Gasteiger partial charge in [0.25, 0.3) is 0 Å². The van der Waals surface area contributed by atoms with Gasteiger partial charge in [-0.15, -0.1) is 0 Å². The average Bonchev–Trinajstić information content (AvgIpc) is 2.26. The second kappa shape index (κ2) is 7.50. The molecule has 0 saturated carbocycles. The van der Waals surface area contributed by atoms with E-state index in [0.717, 1.165) is 0 Å². The van der Waals surface area contributed by atoms with E-state index < -0.39 is 35.4 Å². The van der Waals surface area contributed by atoms with Crippen LogP contribution in [0.15, 0.2) is 0 Å². The molecule has 0 fully saturated rings. The Bertz CT molecular complexity index is 361. The summed E-state index contributed by atoms with van der Waals surface area (Å²) in [5, 5.41) is 0. The first kappa shape index (κ1) is 18.7. The number of nitrogens with two attached hydrogens (primary N) is 2. The molecule has 4 N–H and O–H groups in total. The number of carbonyl (C=O) groups excluding carboxylic acids is 3. The van der Waals surface area contributed by atoms with Crippen molar-refractivity contribution in [1.82, 2.24) is 0 Å². The number of ketones is 1. The Labute approximate surface area is 120 Å². The summed E-state index contributed by atoms with van der Waals surface area (Å²) in [7, 11) is 0. The summed E-state index contributed by atoms with van der Waals surface area (Å²) in [6, 6.07) is -2.13. The number of hydrogen-bond donors (Lipinski definition) is 2. The van der Waals surface area contributed by atoms with Crippen molar-refractivity contribution < 1.29 is 19.1 Å². The van der Waals surface area contributed by atoms with Crippen molar-refractivity contribution >= 4 is 18.0 Å².